The van der Waals surface area contributed by atoms with Crippen molar-refractivity contribution in [2.24, 2.45) is 5.73 Å². The number of pyridine rings is 2. The van der Waals surface area contributed by atoms with Crippen LogP contribution in [-0.2, 0) is 6.54 Å². The van der Waals surface area contributed by atoms with E-state index < -0.39 is 0 Å². The predicted molar refractivity (Wildman–Crippen MR) is 50.3 cm³/mol. The fraction of sp³-hybridized carbons (Fsp3) is 0.111. The van der Waals surface area contributed by atoms with E-state index >= 15 is 0 Å². The molecule has 0 unspecified atom stereocenters. The molecule has 2 aromatic rings. The first kappa shape index (κ1) is 7.94. The number of hydrogen-bond acceptors (Lipinski definition) is 3. The Bertz CT molecular complexity index is 489. The van der Waals surface area contributed by atoms with Gasteiger partial charge in [-0.3, -0.25) is 9.78 Å². The van der Waals surface area contributed by atoms with Crippen molar-refractivity contribution in [2.75, 3.05) is 0 Å². The number of aromatic amines is 1. The molecule has 0 fully saturated rings. The van der Waals surface area contributed by atoms with Crippen LogP contribution in [0.4, 0.5) is 0 Å². The van der Waals surface area contributed by atoms with Crippen LogP contribution in [0.1, 0.15) is 5.56 Å². The van der Waals surface area contributed by atoms with Crippen LogP contribution >= 0.6 is 0 Å². The summed E-state index contributed by atoms with van der Waals surface area (Å²) in [5.41, 5.74) is 7.33. The number of aromatic nitrogens is 2. The number of nitrogens with zero attached hydrogens (tertiary/aromatic N) is 1. The molecule has 0 aliphatic heterocycles. The molecule has 0 amide bonds. The Morgan fingerprint density at radius 2 is 2.38 bits per heavy atom. The van der Waals surface area contributed by atoms with Crippen LogP contribution < -0.4 is 11.3 Å². The topological polar surface area (TPSA) is 71.8 Å². The van der Waals surface area contributed by atoms with Crippen molar-refractivity contribution in [3.05, 3.63) is 40.3 Å². The maximum atomic E-state index is 11.3. The Hall–Kier alpha value is -1.68. The summed E-state index contributed by atoms with van der Waals surface area (Å²) in [4.78, 5) is 18.1. The second-order valence-corrected chi connectivity index (χ2v) is 2.76. The van der Waals surface area contributed by atoms with Crippen LogP contribution in [0.5, 0.6) is 0 Å². The van der Waals surface area contributed by atoms with Gasteiger partial charge < -0.3 is 10.7 Å². The molecular formula is C9H9N3O. The smallest absolute Gasteiger partial charge is 0.253 e. The Kier molecular flexibility index (Phi) is 1.83. The molecule has 0 saturated carbocycles. The van der Waals surface area contributed by atoms with Gasteiger partial charge in [-0.1, -0.05) is 0 Å². The highest BCUT2D eigenvalue weighted by Gasteiger charge is 2.00. The van der Waals surface area contributed by atoms with Crippen molar-refractivity contribution in [1.29, 1.82) is 0 Å². The zero-order valence-electron chi connectivity index (χ0n) is 6.95. The van der Waals surface area contributed by atoms with E-state index in [0.717, 1.165) is 11.0 Å². The van der Waals surface area contributed by atoms with Crippen molar-refractivity contribution < 1.29 is 0 Å². The summed E-state index contributed by atoms with van der Waals surface area (Å²) < 4.78 is 0. The molecule has 13 heavy (non-hydrogen) atoms. The molecule has 66 valence electrons. The van der Waals surface area contributed by atoms with Gasteiger partial charge in [0.2, 0.25) is 0 Å². The van der Waals surface area contributed by atoms with E-state index in [9.17, 15) is 4.79 Å². The molecular weight excluding hydrogens is 166 g/mol. The van der Waals surface area contributed by atoms with Gasteiger partial charge in [0.05, 0.1) is 11.0 Å². The van der Waals surface area contributed by atoms with Crippen molar-refractivity contribution in [2.45, 2.75) is 6.54 Å². The summed E-state index contributed by atoms with van der Waals surface area (Å²) in [6.45, 7) is 0.238. The van der Waals surface area contributed by atoms with Crippen LogP contribution in [0.3, 0.4) is 0 Å². The monoisotopic (exact) mass is 175 g/mol. The summed E-state index contributed by atoms with van der Waals surface area (Å²) in [5, 5.41) is 0. The van der Waals surface area contributed by atoms with Gasteiger partial charge in [-0.15, -0.1) is 0 Å². The molecule has 2 rings (SSSR count). The van der Waals surface area contributed by atoms with Crippen molar-refractivity contribution in [3.63, 3.8) is 0 Å². The lowest BCUT2D eigenvalue weighted by atomic mass is 10.2. The van der Waals surface area contributed by atoms with E-state index in [1.54, 1.807) is 18.3 Å². The molecule has 0 spiro atoms. The molecule has 2 heterocycles. The largest absolute Gasteiger partial charge is 0.326 e. The third-order valence-electron chi connectivity index (χ3n) is 1.91. The van der Waals surface area contributed by atoms with Crippen LogP contribution in [0.2, 0.25) is 0 Å². The molecule has 0 aliphatic carbocycles. The van der Waals surface area contributed by atoms with E-state index in [1.165, 1.54) is 0 Å². The number of H-pyrrole nitrogens is 1. The van der Waals surface area contributed by atoms with Gasteiger partial charge in [-0.05, 0) is 18.2 Å². The lowest BCUT2D eigenvalue weighted by molar-refractivity contribution is 1.03. The summed E-state index contributed by atoms with van der Waals surface area (Å²) in [6.07, 6.45) is 1.68. The SMILES string of the molecule is NCc1cc2ncccc2[nH]c1=O. The lowest BCUT2D eigenvalue weighted by Crippen LogP contribution is -2.15. The molecule has 0 radical (unpaired) electrons. The Morgan fingerprint density at radius 3 is 3.15 bits per heavy atom. The molecule has 2 aromatic heterocycles. The van der Waals surface area contributed by atoms with E-state index in [0.29, 0.717) is 5.56 Å². The molecule has 0 saturated heterocycles. The second kappa shape index (κ2) is 2.99. The zero-order valence-corrected chi connectivity index (χ0v) is 6.95. The number of hydrogen-bond donors (Lipinski definition) is 2. The number of nitrogens with two attached hydrogens (primary N) is 1. The van der Waals surface area contributed by atoms with E-state index in [4.69, 9.17) is 5.73 Å². The Labute approximate surface area is 74.4 Å². The number of rotatable bonds is 1. The Balaban J connectivity index is 2.81. The first-order chi connectivity index (χ1) is 6.31. The molecule has 0 bridgehead atoms. The third-order valence-corrected chi connectivity index (χ3v) is 1.91. The number of nitrogens with one attached hydrogen (secondary N) is 1. The average molecular weight is 175 g/mol. The molecule has 0 aromatic carbocycles. The maximum Gasteiger partial charge on any atom is 0.253 e. The molecule has 4 nitrogen and oxygen atoms in total. The minimum absolute atomic E-state index is 0.136. The highest BCUT2D eigenvalue weighted by Crippen LogP contribution is 2.05. The summed E-state index contributed by atoms with van der Waals surface area (Å²) in [5.74, 6) is 0. The average Bonchev–Trinajstić information content (AvgIpc) is 2.17. The van der Waals surface area contributed by atoms with E-state index in [2.05, 4.69) is 9.97 Å². The number of fused-ring (bicyclic) bond motifs is 1. The highest BCUT2D eigenvalue weighted by molar-refractivity contribution is 5.73. The van der Waals surface area contributed by atoms with E-state index in [1.807, 2.05) is 6.07 Å². The third kappa shape index (κ3) is 1.31. The standard InChI is InChI=1S/C9H9N3O/c10-5-6-4-8-7(12-9(6)13)2-1-3-11-8/h1-4H,5,10H2,(H,12,13). The van der Waals surface area contributed by atoms with Gasteiger partial charge in [0.15, 0.2) is 0 Å². The van der Waals surface area contributed by atoms with Crippen LogP contribution in [-0.4, -0.2) is 9.97 Å². The quantitative estimate of drug-likeness (QED) is 0.658. The molecule has 0 aliphatic rings. The van der Waals surface area contributed by atoms with E-state index in [-0.39, 0.29) is 12.1 Å². The summed E-state index contributed by atoms with van der Waals surface area (Å²) in [6, 6.07) is 5.30. The van der Waals surface area contributed by atoms with Gasteiger partial charge in [-0.25, -0.2) is 0 Å². The van der Waals surface area contributed by atoms with Crippen LogP contribution in [0, 0.1) is 0 Å². The minimum Gasteiger partial charge on any atom is -0.326 e. The van der Waals surface area contributed by atoms with Crippen molar-refractivity contribution >= 4 is 11.0 Å². The first-order valence-electron chi connectivity index (χ1n) is 3.98. The molecule has 0 atom stereocenters. The highest BCUT2D eigenvalue weighted by atomic mass is 16.1. The van der Waals surface area contributed by atoms with Crippen molar-refractivity contribution in [1.82, 2.24) is 9.97 Å². The summed E-state index contributed by atoms with van der Waals surface area (Å²) in [7, 11) is 0. The predicted octanol–water partition coefficient (Wildman–Crippen LogP) is 0.382. The van der Waals surface area contributed by atoms with Gasteiger partial charge in [0.1, 0.15) is 0 Å². The molecule has 3 N–H and O–H groups in total. The second-order valence-electron chi connectivity index (χ2n) is 2.76. The minimum atomic E-state index is -0.136. The van der Waals surface area contributed by atoms with Gasteiger partial charge in [-0.2, -0.15) is 0 Å². The first-order valence-corrected chi connectivity index (χ1v) is 3.98. The van der Waals surface area contributed by atoms with Gasteiger partial charge in [0.25, 0.3) is 5.56 Å². The van der Waals surface area contributed by atoms with Crippen LogP contribution in [0.15, 0.2) is 29.2 Å². The molecule has 4 heteroatoms. The van der Waals surface area contributed by atoms with Crippen LogP contribution in [0.25, 0.3) is 11.0 Å². The van der Waals surface area contributed by atoms with Gasteiger partial charge >= 0.3 is 0 Å². The summed E-state index contributed by atoms with van der Waals surface area (Å²) >= 11 is 0. The van der Waals surface area contributed by atoms with Crippen molar-refractivity contribution in [3.8, 4) is 0 Å². The van der Waals surface area contributed by atoms with Gasteiger partial charge in [0, 0.05) is 18.3 Å². The lowest BCUT2D eigenvalue weighted by Gasteiger charge is -1.98. The fourth-order valence-electron chi connectivity index (χ4n) is 1.22. The normalized spacial score (nSPS) is 10.5. The fourth-order valence-corrected chi connectivity index (χ4v) is 1.22. The zero-order chi connectivity index (χ0) is 9.26. The maximum absolute atomic E-state index is 11.3. The Morgan fingerprint density at radius 1 is 1.54 bits per heavy atom.